The van der Waals surface area contributed by atoms with Crippen molar-refractivity contribution in [1.29, 1.82) is 0 Å². The number of hydrogen-bond donors (Lipinski definition) is 0. The molecule has 0 aliphatic carbocycles. The van der Waals surface area contributed by atoms with Crippen LogP contribution in [0.5, 0.6) is 17.2 Å². The first-order valence-electron chi connectivity index (χ1n) is 9.87. The molecule has 0 aliphatic rings. The summed E-state index contributed by atoms with van der Waals surface area (Å²) < 4.78 is 31.2. The van der Waals surface area contributed by atoms with Crippen molar-refractivity contribution >= 4 is 18.6 Å². The smallest absolute Gasteiger partial charge is 0.386 e. The average Bonchev–Trinajstić information content (AvgIpc) is 2.76. The van der Waals surface area contributed by atoms with Crippen LogP contribution in [0, 0.1) is 6.92 Å². The highest BCUT2D eigenvalue weighted by Gasteiger charge is 2.33. The quantitative estimate of drug-likeness (QED) is 0.294. The van der Waals surface area contributed by atoms with Gasteiger partial charge in [-0.05, 0) is 54.6 Å². The second-order valence-electron chi connectivity index (χ2n) is 7.01. The Bertz CT molecular complexity index is 1180. The highest BCUT2D eigenvalue weighted by molar-refractivity contribution is 7.49. The monoisotopic (exact) mass is 418 g/mol. The van der Waals surface area contributed by atoms with Gasteiger partial charge in [-0.15, -0.1) is 0 Å². The van der Waals surface area contributed by atoms with Gasteiger partial charge in [0.15, 0.2) is 0 Å². The van der Waals surface area contributed by atoms with Crippen molar-refractivity contribution in [2.24, 2.45) is 0 Å². The zero-order chi connectivity index (χ0) is 21.0. The highest BCUT2D eigenvalue weighted by Crippen LogP contribution is 2.51. The Morgan fingerprint density at radius 1 is 0.700 bits per heavy atom. The third-order valence-electron chi connectivity index (χ3n) is 4.75. The summed E-state index contributed by atoms with van der Waals surface area (Å²) in [6, 6.07) is 28.0. The van der Waals surface area contributed by atoms with Gasteiger partial charge in [0.1, 0.15) is 17.2 Å². The van der Waals surface area contributed by atoms with Crippen LogP contribution < -0.4 is 13.6 Å². The van der Waals surface area contributed by atoms with E-state index in [1.54, 1.807) is 30.3 Å². The Morgan fingerprint density at radius 2 is 1.30 bits per heavy atom. The van der Waals surface area contributed by atoms with Gasteiger partial charge < -0.3 is 13.6 Å². The van der Waals surface area contributed by atoms with Crippen LogP contribution in [0.4, 0.5) is 0 Å². The molecular formula is C25H23O4P. The van der Waals surface area contributed by atoms with Gasteiger partial charge in [-0.1, -0.05) is 73.2 Å². The second-order valence-corrected chi connectivity index (χ2v) is 8.45. The van der Waals surface area contributed by atoms with E-state index in [-0.39, 0.29) is 0 Å². The summed E-state index contributed by atoms with van der Waals surface area (Å²) in [6.45, 7) is 4.05. The molecule has 0 fully saturated rings. The molecular weight excluding hydrogens is 395 g/mol. The molecule has 0 amide bonds. The van der Waals surface area contributed by atoms with E-state index in [1.807, 2.05) is 67.6 Å². The zero-order valence-electron chi connectivity index (χ0n) is 16.9. The van der Waals surface area contributed by atoms with E-state index in [0.29, 0.717) is 17.2 Å². The standard InChI is InChI=1S/C25H23O4P/c1-3-20-13-17-23(18-14-20)28-30(26,27-22-15-11-19(2)12-16-22)29-25-10-6-8-21-7-4-5-9-24(21)25/h4-18H,3H2,1-2H3. The maximum absolute atomic E-state index is 13.7. The van der Waals surface area contributed by atoms with Crippen LogP contribution in [0.3, 0.4) is 0 Å². The molecule has 0 saturated heterocycles. The van der Waals surface area contributed by atoms with Gasteiger partial charge in [-0.2, -0.15) is 4.57 Å². The lowest BCUT2D eigenvalue weighted by molar-refractivity contribution is 0.299. The second kappa shape index (κ2) is 8.64. The molecule has 0 saturated carbocycles. The van der Waals surface area contributed by atoms with E-state index in [4.69, 9.17) is 13.6 Å². The molecule has 0 spiro atoms. The van der Waals surface area contributed by atoms with Crippen LogP contribution in [0.15, 0.2) is 91.0 Å². The summed E-state index contributed by atoms with van der Waals surface area (Å²) in [5.41, 5.74) is 2.23. The summed E-state index contributed by atoms with van der Waals surface area (Å²) in [7, 11) is -4.03. The lowest BCUT2D eigenvalue weighted by Gasteiger charge is -2.20. The number of hydrogen-bond acceptors (Lipinski definition) is 4. The van der Waals surface area contributed by atoms with Gasteiger partial charge in [0, 0.05) is 5.39 Å². The van der Waals surface area contributed by atoms with E-state index in [1.165, 1.54) is 0 Å². The van der Waals surface area contributed by atoms with Crippen LogP contribution in [0.25, 0.3) is 10.8 Å². The Kier molecular flexibility index (Phi) is 5.78. The summed E-state index contributed by atoms with van der Waals surface area (Å²) in [4.78, 5) is 0. The fourth-order valence-corrected chi connectivity index (χ4v) is 4.37. The fraction of sp³-hybridized carbons (Fsp3) is 0.120. The van der Waals surface area contributed by atoms with E-state index in [9.17, 15) is 4.57 Å². The molecule has 1 atom stereocenters. The van der Waals surface area contributed by atoms with Gasteiger partial charge in [-0.25, -0.2) is 0 Å². The fourth-order valence-electron chi connectivity index (χ4n) is 3.09. The minimum atomic E-state index is -4.03. The molecule has 4 aromatic carbocycles. The van der Waals surface area contributed by atoms with Crippen molar-refractivity contribution in [2.45, 2.75) is 20.3 Å². The normalized spacial score (nSPS) is 12.9. The zero-order valence-corrected chi connectivity index (χ0v) is 17.8. The van der Waals surface area contributed by atoms with Gasteiger partial charge in [0.05, 0.1) is 0 Å². The topological polar surface area (TPSA) is 44.8 Å². The lowest BCUT2D eigenvalue weighted by Crippen LogP contribution is -2.08. The Hall–Kier alpha value is -3.23. The molecule has 0 radical (unpaired) electrons. The number of phosphoric acid groups is 1. The Balaban J connectivity index is 1.69. The van der Waals surface area contributed by atoms with Crippen LogP contribution in [0.2, 0.25) is 0 Å². The van der Waals surface area contributed by atoms with Crippen LogP contribution in [0.1, 0.15) is 18.1 Å². The first kappa shape index (κ1) is 20.1. The maximum atomic E-state index is 13.7. The largest absolute Gasteiger partial charge is 0.647 e. The lowest BCUT2D eigenvalue weighted by atomic mass is 10.1. The first-order valence-corrected chi connectivity index (χ1v) is 11.3. The predicted molar refractivity (Wildman–Crippen MR) is 120 cm³/mol. The van der Waals surface area contributed by atoms with E-state index in [2.05, 4.69) is 6.92 Å². The minimum absolute atomic E-state index is 0.411. The van der Waals surface area contributed by atoms with E-state index in [0.717, 1.165) is 28.3 Å². The number of aryl methyl sites for hydroxylation is 2. The Morgan fingerprint density at radius 3 is 1.97 bits per heavy atom. The molecule has 0 heterocycles. The van der Waals surface area contributed by atoms with Crippen molar-refractivity contribution in [1.82, 2.24) is 0 Å². The summed E-state index contributed by atoms with van der Waals surface area (Å²) >= 11 is 0. The SMILES string of the molecule is CCc1ccc(OP(=O)(Oc2ccc(C)cc2)Oc2cccc3ccccc23)cc1. The summed E-state index contributed by atoms with van der Waals surface area (Å²) in [5.74, 6) is 1.27. The molecule has 0 N–H and O–H groups in total. The number of fused-ring (bicyclic) bond motifs is 1. The van der Waals surface area contributed by atoms with Crippen LogP contribution in [-0.4, -0.2) is 0 Å². The molecule has 30 heavy (non-hydrogen) atoms. The minimum Gasteiger partial charge on any atom is -0.386 e. The third kappa shape index (κ3) is 4.67. The number of phosphoric ester groups is 1. The molecule has 1 unspecified atom stereocenters. The average molecular weight is 418 g/mol. The maximum Gasteiger partial charge on any atom is 0.647 e. The molecule has 4 aromatic rings. The Labute approximate surface area is 176 Å². The molecule has 5 heteroatoms. The van der Waals surface area contributed by atoms with Crippen LogP contribution >= 0.6 is 7.82 Å². The van der Waals surface area contributed by atoms with Gasteiger partial charge in [-0.3, -0.25) is 0 Å². The number of rotatable bonds is 7. The van der Waals surface area contributed by atoms with Crippen molar-refractivity contribution < 1.29 is 18.1 Å². The van der Waals surface area contributed by atoms with Crippen molar-refractivity contribution in [3.05, 3.63) is 102 Å². The highest BCUT2D eigenvalue weighted by atomic mass is 31.2. The predicted octanol–water partition coefficient (Wildman–Crippen LogP) is 7.36. The van der Waals surface area contributed by atoms with Crippen molar-refractivity contribution in [3.8, 4) is 17.2 Å². The molecule has 152 valence electrons. The molecule has 4 rings (SSSR count). The van der Waals surface area contributed by atoms with Gasteiger partial charge >= 0.3 is 7.82 Å². The molecule has 0 aromatic heterocycles. The van der Waals surface area contributed by atoms with E-state index >= 15 is 0 Å². The van der Waals surface area contributed by atoms with Gasteiger partial charge in [0.25, 0.3) is 0 Å². The molecule has 4 nitrogen and oxygen atoms in total. The van der Waals surface area contributed by atoms with Crippen LogP contribution in [-0.2, 0) is 11.0 Å². The van der Waals surface area contributed by atoms with E-state index < -0.39 is 7.82 Å². The van der Waals surface area contributed by atoms with Crippen molar-refractivity contribution in [2.75, 3.05) is 0 Å². The third-order valence-corrected chi connectivity index (χ3v) is 6.04. The van der Waals surface area contributed by atoms with Gasteiger partial charge in [0.2, 0.25) is 0 Å². The molecule has 0 aliphatic heterocycles. The number of benzene rings is 4. The van der Waals surface area contributed by atoms with Crippen molar-refractivity contribution in [3.63, 3.8) is 0 Å². The molecule has 0 bridgehead atoms. The summed E-state index contributed by atoms with van der Waals surface area (Å²) in [6.07, 6.45) is 0.907. The summed E-state index contributed by atoms with van der Waals surface area (Å²) in [5, 5.41) is 1.81. The first-order chi connectivity index (χ1) is 14.5.